The van der Waals surface area contributed by atoms with E-state index in [9.17, 15) is 4.79 Å². The van der Waals surface area contributed by atoms with Gasteiger partial charge >= 0.3 is 5.97 Å². The highest BCUT2D eigenvalue weighted by Crippen LogP contribution is 2.41. The Morgan fingerprint density at radius 1 is 1.24 bits per heavy atom. The molecule has 2 rings (SSSR count). The van der Waals surface area contributed by atoms with E-state index in [1.165, 1.54) is 38.5 Å². The van der Waals surface area contributed by atoms with Gasteiger partial charge in [0.2, 0.25) is 0 Å². The lowest BCUT2D eigenvalue weighted by molar-refractivity contribution is -0.155. The molecule has 0 aromatic rings. The summed E-state index contributed by atoms with van der Waals surface area (Å²) in [4.78, 5) is 11.6. The van der Waals surface area contributed by atoms with Crippen LogP contribution in [-0.4, -0.2) is 18.1 Å². The summed E-state index contributed by atoms with van der Waals surface area (Å²) in [5.74, 6) is 1.41. The summed E-state index contributed by atoms with van der Waals surface area (Å²) in [5, 5.41) is 0. The van der Waals surface area contributed by atoms with Crippen molar-refractivity contribution in [3.05, 3.63) is 0 Å². The fraction of sp³-hybridized carbons (Fsp3) is 0.929. The minimum absolute atomic E-state index is 0.197. The number of rotatable bonds is 5. The van der Waals surface area contributed by atoms with Crippen LogP contribution in [0.1, 0.15) is 58.3 Å². The van der Waals surface area contributed by atoms with Crippen molar-refractivity contribution in [2.75, 3.05) is 6.61 Å². The maximum atomic E-state index is 11.6. The average molecular weight is 239 g/mol. The Hall–Kier alpha value is -0.570. The van der Waals surface area contributed by atoms with Gasteiger partial charge in [-0.1, -0.05) is 38.5 Å². The van der Waals surface area contributed by atoms with Crippen LogP contribution in [0.4, 0.5) is 0 Å². The molecule has 0 spiro atoms. The Bertz CT molecular complexity index is 265. The number of hydrogen-bond acceptors (Lipinski definition) is 3. The zero-order valence-electron chi connectivity index (χ0n) is 10.9. The number of carbonyl (C=O) groups is 1. The van der Waals surface area contributed by atoms with Crippen molar-refractivity contribution < 1.29 is 9.53 Å². The summed E-state index contributed by atoms with van der Waals surface area (Å²) in [6.07, 6.45) is 9.92. The molecule has 2 saturated carbocycles. The van der Waals surface area contributed by atoms with Gasteiger partial charge in [0.15, 0.2) is 0 Å². The predicted octanol–water partition coefficient (Wildman–Crippen LogP) is 2.63. The maximum Gasteiger partial charge on any atom is 0.326 e. The third-order valence-electron chi connectivity index (χ3n) is 4.45. The summed E-state index contributed by atoms with van der Waals surface area (Å²) in [6, 6.07) is 0. The molecular formula is C14H25NO2. The van der Waals surface area contributed by atoms with Crippen molar-refractivity contribution in [2.24, 2.45) is 17.6 Å². The van der Waals surface area contributed by atoms with Crippen molar-refractivity contribution >= 4 is 5.97 Å². The molecule has 0 aliphatic heterocycles. The Labute approximate surface area is 104 Å². The lowest BCUT2D eigenvalue weighted by Crippen LogP contribution is -2.58. The van der Waals surface area contributed by atoms with Crippen molar-refractivity contribution in [3.63, 3.8) is 0 Å². The SMILES string of the molecule is CCOC(=O)C1(N)CC(CCC2CCCC2)C1. The average Bonchev–Trinajstić information content (AvgIpc) is 2.75. The minimum atomic E-state index is -0.656. The lowest BCUT2D eigenvalue weighted by Gasteiger charge is -2.42. The molecule has 0 atom stereocenters. The van der Waals surface area contributed by atoms with Gasteiger partial charge in [-0.05, 0) is 31.6 Å². The van der Waals surface area contributed by atoms with Crippen molar-refractivity contribution in [3.8, 4) is 0 Å². The van der Waals surface area contributed by atoms with Gasteiger partial charge in [0.1, 0.15) is 5.54 Å². The van der Waals surface area contributed by atoms with Gasteiger partial charge in [0, 0.05) is 0 Å². The van der Waals surface area contributed by atoms with E-state index in [0.717, 1.165) is 18.8 Å². The fourth-order valence-corrected chi connectivity index (χ4v) is 3.39. The van der Waals surface area contributed by atoms with Crippen molar-refractivity contribution in [1.82, 2.24) is 0 Å². The lowest BCUT2D eigenvalue weighted by atomic mass is 9.66. The van der Waals surface area contributed by atoms with Crippen LogP contribution in [0.25, 0.3) is 0 Å². The van der Waals surface area contributed by atoms with Gasteiger partial charge in [-0.3, -0.25) is 4.79 Å². The zero-order chi connectivity index (χ0) is 12.3. The van der Waals surface area contributed by atoms with E-state index < -0.39 is 5.54 Å². The predicted molar refractivity (Wildman–Crippen MR) is 67.5 cm³/mol. The van der Waals surface area contributed by atoms with E-state index in [2.05, 4.69) is 0 Å². The van der Waals surface area contributed by atoms with Crippen LogP contribution in [0.3, 0.4) is 0 Å². The Morgan fingerprint density at radius 3 is 2.41 bits per heavy atom. The van der Waals surface area contributed by atoms with Crippen LogP contribution in [-0.2, 0) is 9.53 Å². The molecule has 17 heavy (non-hydrogen) atoms. The molecule has 0 heterocycles. The molecule has 2 N–H and O–H groups in total. The van der Waals surface area contributed by atoms with Crippen LogP contribution >= 0.6 is 0 Å². The molecule has 98 valence electrons. The maximum absolute atomic E-state index is 11.6. The van der Waals surface area contributed by atoms with E-state index >= 15 is 0 Å². The number of nitrogens with two attached hydrogens (primary N) is 1. The summed E-state index contributed by atoms with van der Waals surface area (Å²) in [6.45, 7) is 2.27. The van der Waals surface area contributed by atoms with E-state index in [0.29, 0.717) is 12.5 Å². The normalized spacial score (nSPS) is 33.4. The molecule has 0 aromatic carbocycles. The molecule has 0 amide bonds. The molecule has 2 aliphatic rings. The molecule has 0 bridgehead atoms. The first-order valence-corrected chi connectivity index (χ1v) is 7.10. The second-order valence-electron chi connectivity index (χ2n) is 5.88. The highest BCUT2D eigenvalue weighted by atomic mass is 16.5. The molecule has 2 aliphatic carbocycles. The topological polar surface area (TPSA) is 52.3 Å². The summed E-state index contributed by atoms with van der Waals surface area (Å²) >= 11 is 0. The standard InChI is InChI=1S/C14H25NO2/c1-2-17-13(16)14(15)9-12(10-14)8-7-11-5-3-4-6-11/h11-12H,2-10,15H2,1H3. The molecule has 0 saturated heterocycles. The van der Waals surface area contributed by atoms with Crippen molar-refractivity contribution in [1.29, 1.82) is 0 Å². The second-order valence-corrected chi connectivity index (χ2v) is 5.88. The van der Waals surface area contributed by atoms with Gasteiger partial charge in [-0.25, -0.2) is 0 Å². The van der Waals surface area contributed by atoms with Crippen LogP contribution in [0, 0.1) is 11.8 Å². The van der Waals surface area contributed by atoms with Gasteiger partial charge in [0.05, 0.1) is 6.61 Å². The van der Waals surface area contributed by atoms with Gasteiger partial charge in [-0.15, -0.1) is 0 Å². The molecule has 3 nitrogen and oxygen atoms in total. The smallest absolute Gasteiger partial charge is 0.326 e. The van der Waals surface area contributed by atoms with Crippen LogP contribution < -0.4 is 5.73 Å². The first-order chi connectivity index (χ1) is 8.14. The number of hydrogen-bond donors (Lipinski definition) is 1. The molecule has 3 heteroatoms. The third kappa shape index (κ3) is 3.01. The highest BCUT2D eigenvalue weighted by molar-refractivity contribution is 5.81. The van der Waals surface area contributed by atoms with E-state index in [1.54, 1.807) is 0 Å². The molecule has 0 aromatic heterocycles. The Morgan fingerprint density at radius 2 is 1.82 bits per heavy atom. The fourth-order valence-electron chi connectivity index (χ4n) is 3.39. The van der Waals surface area contributed by atoms with Crippen molar-refractivity contribution in [2.45, 2.75) is 63.8 Å². The third-order valence-corrected chi connectivity index (χ3v) is 4.45. The number of esters is 1. The molecule has 0 unspecified atom stereocenters. The van der Waals surface area contributed by atoms with Crippen LogP contribution in [0.15, 0.2) is 0 Å². The Balaban J connectivity index is 1.65. The van der Waals surface area contributed by atoms with Crippen LogP contribution in [0.2, 0.25) is 0 Å². The summed E-state index contributed by atoms with van der Waals surface area (Å²) in [5.41, 5.74) is 5.38. The minimum Gasteiger partial charge on any atom is -0.465 e. The van der Waals surface area contributed by atoms with Crippen LogP contribution in [0.5, 0.6) is 0 Å². The molecule has 2 fully saturated rings. The summed E-state index contributed by atoms with van der Waals surface area (Å²) in [7, 11) is 0. The quantitative estimate of drug-likeness (QED) is 0.750. The number of ether oxygens (including phenoxy) is 1. The van der Waals surface area contributed by atoms with Gasteiger partial charge in [-0.2, -0.15) is 0 Å². The first kappa shape index (κ1) is 12.9. The summed E-state index contributed by atoms with van der Waals surface area (Å²) < 4.78 is 5.01. The second kappa shape index (κ2) is 5.38. The van der Waals surface area contributed by atoms with E-state index in [-0.39, 0.29) is 5.97 Å². The van der Waals surface area contributed by atoms with Gasteiger partial charge < -0.3 is 10.5 Å². The Kier molecular flexibility index (Phi) is 4.08. The molecular weight excluding hydrogens is 214 g/mol. The monoisotopic (exact) mass is 239 g/mol. The first-order valence-electron chi connectivity index (χ1n) is 7.10. The highest BCUT2D eigenvalue weighted by Gasteiger charge is 2.47. The zero-order valence-corrected chi connectivity index (χ0v) is 10.9. The van der Waals surface area contributed by atoms with E-state index in [1.807, 2.05) is 6.92 Å². The van der Waals surface area contributed by atoms with E-state index in [4.69, 9.17) is 10.5 Å². The molecule has 0 radical (unpaired) electrons. The number of carbonyl (C=O) groups excluding carboxylic acids is 1. The largest absolute Gasteiger partial charge is 0.465 e. The van der Waals surface area contributed by atoms with Gasteiger partial charge in [0.25, 0.3) is 0 Å².